The number of methoxy groups -OCH3 is 1. The van der Waals surface area contributed by atoms with Gasteiger partial charge in [0.05, 0.1) is 18.9 Å². The van der Waals surface area contributed by atoms with Crippen LogP contribution in [0.25, 0.3) is 0 Å². The first kappa shape index (κ1) is 18.6. The molecule has 0 saturated carbocycles. The van der Waals surface area contributed by atoms with E-state index in [4.69, 9.17) is 16.3 Å². The average molecular weight is 368 g/mol. The highest BCUT2D eigenvalue weighted by molar-refractivity contribution is 7.99. The molecule has 2 rings (SSSR count). The van der Waals surface area contributed by atoms with E-state index in [0.29, 0.717) is 16.5 Å². The first-order valence-electron chi connectivity index (χ1n) is 7.45. The highest BCUT2D eigenvalue weighted by atomic mass is 35.5. The van der Waals surface area contributed by atoms with Gasteiger partial charge in [0.2, 0.25) is 5.91 Å². The summed E-state index contributed by atoms with van der Waals surface area (Å²) >= 11 is 7.53. The van der Waals surface area contributed by atoms with Crippen molar-refractivity contribution >= 4 is 29.3 Å². The molecule has 0 heterocycles. The van der Waals surface area contributed by atoms with Crippen LogP contribution in [0.2, 0.25) is 5.02 Å². The van der Waals surface area contributed by atoms with Crippen molar-refractivity contribution in [2.75, 3.05) is 12.9 Å². The van der Waals surface area contributed by atoms with Crippen LogP contribution in [0.5, 0.6) is 5.75 Å². The number of thioether (sulfide) groups is 1. The lowest BCUT2D eigenvalue weighted by Gasteiger charge is -2.15. The predicted octanol–water partition coefficient (Wildman–Crippen LogP) is 4.60. The van der Waals surface area contributed by atoms with E-state index < -0.39 is 0 Å². The quantitative estimate of drug-likeness (QED) is 0.777. The van der Waals surface area contributed by atoms with Crippen LogP contribution in [0.1, 0.15) is 24.1 Å². The molecule has 1 amide bonds. The van der Waals surface area contributed by atoms with E-state index in [-0.39, 0.29) is 23.5 Å². The smallest absolute Gasteiger partial charge is 0.230 e. The minimum absolute atomic E-state index is 0.0946. The van der Waals surface area contributed by atoms with Gasteiger partial charge in [0.15, 0.2) is 0 Å². The molecule has 0 spiro atoms. The average Bonchev–Trinajstić information content (AvgIpc) is 2.55. The molecule has 0 aliphatic heterocycles. The van der Waals surface area contributed by atoms with Crippen LogP contribution in [0, 0.1) is 5.82 Å². The molecule has 0 radical (unpaired) electrons. The summed E-state index contributed by atoms with van der Waals surface area (Å²) in [6.07, 6.45) is 0. The van der Waals surface area contributed by atoms with Crippen LogP contribution in [0.4, 0.5) is 4.39 Å². The van der Waals surface area contributed by atoms with E-state index >= 15 is 0 Å². The number of hydrogen-bond acceptors (Lipinski definition) is 3. The maximum absolute atomic E-state index is 13.3. The van der Waals surface area contributed by atoms with Crippen LogP contribution < -0.4 is 10.1 Å². The van der Waals surface area contributed by atoms with Gasteiger partial charge in [-0.25, -0.2) is 4.39 Å². The molecule has 0 aromatic heterocycles. The Kier molecular flexibility index (Phi) is 6.94. The highest BCUT2D eigenvalue weighted by Crippen LogP contribution is 2.25. The third-order valence-corrected chi connectivity index (χ3v) is 4.81. The number of ether oxygens (including phenoxy) is 1. The SMILES string of the molecule is COc1ccc(F)cc1CSCC(=O)N[C@@H](C)c1ccccc1Cl. The second-order valence-corrected chi connectivity index (χ2v) is 6.65. The van der Waals surface area contributed by atoms with Gasteiger partial charge in [0.1, 0.15) is 11.6 Å². The maximum Gasteiger partial charge on any atom is 0.230 e. The number of halogens is 2. The van der Waals surface area contributed by atoms with Gasteiger partial charge in [0, 0.05) is 16.3 Å². The standard InChI is InChI=1S/C18H19ClFNO2S/c1-12(15-5-3-4-6-16(15)19)21-18(22)11-24-10-13-9-14(20)7-8-17(13)23-2/h3-9,12H,10-11H2,1-2H3,(H,21,22)/t12-/m0/s1. The highest BCUT2D eigenvalue weighted by Gasteiger charge is 2.13. The molecular weight excluding hydrogens is 349 g/mol. The van der Waals surface area contributed by atoms with Crippen LogP contribution in [0.3, 0.4) is 0 Å². The first-order valence-corrected chi connectivity index (χ1v) is 8.98. The van der Waals surface area contributed by atoms with E-state index in [9.17, 15) is 9.18 Å². The van der Waals surface area contributed by atoms with Gasteiger partial charge >= 0.3 is 0 Å². The van der Waals surface area contributed by atoms with E-state index in [1.54, 1.807) is 19.2 Å². The summed E-state index contributed by atoms with van der Waals surface area (Å²) in [5.41, 5.74) is 1.61. The van der Waals surface area contributed by atoms with Crippen molar-refractivity contribution in [1.82, 2.24) is 5.32 Å². The number of hydrogen-bond donors (Lipinski definition) is 1. The first-order chi connectivity index (χ1) is 11.5. The molecule has 0 aliphatic rings. The lowest BCUT2D eigenvalue weighted by Crippen LogP contribution is -2.28. The van der Waals surface area contributed by atoms with Gasteiger partial charge in [-0.2, -0.15) is 0 Å². The van der Waals surface area contributed by atoms with E-state index in [1.165, 1.54) is 23.9 Å². The zero-order chi connectivity index (χ0) is 17.5. The fraction of sp³-hybridized carbons (Fsp3) is 0.278. The van der Waals surface area contributed by atoms with Gasteiger partial charge in [-0.3, -0.25) is 4.79 Å². The Morgan fingerprint density at radius 2 is 2.08 bits per heavy atom. The van der Waals surface area contributed by atoms with E-state index in [1.807, 2.05) is 25.1 Å². The molecule has 0 aliphatic carbocycles. The Labute approximate surface area is 150 Å². The van der Waals surface area contributed by atoms with Crippen LogP contribution in [-0.4, -0.2) is 18.8 Å². The zero-order valence-corrected chi connectivity index (χ0v) is 15.1. The molecule has 3 nitrogen and oxygen atoms in total. The molecule has 1 atom stereocenters. The minimum Gasteiger partial charge on any atom is -0.496 e. The lowest BCUT2D eigenvalue weighted by atomic mass is 10.1. The van der Waals surface area contributed by atoms with Gasteiger partial charge in [-0.1, -0.05) is 29.8 Å². The number of carbonyl (C=O) groups is 1. The predicted molar refractivity (Wildman–Crippen MR) is 97.1 cm³/mol. The van der Waals surface area contributed by atoms with Crippen molar-refractivity contribution in [1.29, 1.82) is 0 Å². The molecule has 6 heteroatoms. The van der Waals surface area contributed by atoms with Gasteiger partial charge in [0.25, 0.3) is 0 Å². The number of amides is 1. The van der Waals surface area contributed by atoms with Crippen LogP contribution >= 0.6 is 23.4 Å². The Morgan fingerprint density at radius 3 is 2.79 bits per heavy atom. The summed E-state index contributed by atoms with van der Waals surface area (Å²) in [5.74, 6) is 0.975. The number of nitrogens with one attached hydrogen (secondary N) is 1. The second-order valence-electron chi connectivity index (χ2n) is 5.26. The van der Waals surface area contributed by atoms with E-state index in [2.05, 4.69) is 5.32 Å². The van der Waals surface area contributed by atoms with Gasteiger partial charge < -0.3 is 10.1 Å². The maximum atomic E-state index is 13.3. The summed E-state index contributed by atoms with van der Waals surface area (Å²) < 4.78 is 18.5. The summed E-state index contributed by atoms with van der Waals surface area (Å²) in [7, 11) is 1.54. The molecule has 24 heavy (non-hydrogen) atoms. The number of benzene rings is 2. The number of rotatable bonds is 7. The van der Waals surface area contributed by atoms with Crippen molar-refractivity contribution in [2.45, 2.75) is 18.7 Å². The molecule has 1 N–H and O–H groups in total. The third-order valence-electron chi connectivity index (χ3n) is 3.48. The molecule has 128 valence electrons. The Morgan fingerprint density at radius 1 is 1.33 bits per heavy atom. The molecule has 0 fully saturated rings. The second kappa shape index (κ2) is 8.94. The largest absolute Gasteiger partial charge is 0.496 e. The Balaban J connectivity index is 1.86. The van der Waals surface area contributed by atoms with Crippen LogP contribution in [-0.2, 0) is 10.5 Å². The number of carbonyl (C=O) groups excluding carboxylic acids is 1. The monoisotopic (exact) mass is 367 g/mol. The normalized spacial score (nSPS) is 11.8. The molecule has 0 bridgehead atoms. The van der Waals surface area contributed by atoms with E-state index in [0.717, 1.165) is 11.1 Å². The molecule has 0 unspecified atom stereocenters. The lowest BCUT2D eigenvalue weighted by molar-refractivity contribution is -0.119. The van der Waals surface area contributed by atoms with Crippen molar-refractivity contribution in [3.05, 3.63) is 64.4 Å². The molecular formula is C18H19ClFNO2S. The fourth-order valence-corrected chi connectivity index (χ4v) is 3.42. The fourth-order valence-electron chi connectivity index (χ4n) is 2.30. The Bertz CT molecular complexity index is 711. The van der Waals surface area contributed by atoms with Crippen molar-refractivity contribution < 1.29 is 13.9 Å². The third kappa shape index (κ3) is 5.14. The van der Waals surface area contributed by atoms with Crippen molar-refractivity contribution in [3.8, 4) is 5.75 Å². The molecule has 2 aromatic carbocycles. The van der Waals surface area contributed by atoms with Crippen LogP contribution in [0.15, 0.2) is 42.5 Å². The van der Waals surface area contributed by atoms with Gasteiger partial charge in [-0.15, -0.1) is 11.8 Å². The summed E-state index contributed by atoms with van der Waals surface area (Å²) in [6, 6.07) is 11.6. The van der Waals surface area contributed by atoms with Gasteiger partial charge in [-0.05, 0) is 36.8 Å². The zero-order valence-electron chi connectivity index (χ0n) is 13.5. The van der Waals surface area contributed by atoms with Crippen molar-refractivity contribution in [2.24, 2.45) is 0 Å². The summed E-state index contributed by atoms with van der Waals surface area (Å²) in [6.45, 7) is 1.89. The minimum atomic E-state index is -0.316. The topological polar surface area (TPSA) is 38.3 Å². The molecule has 0 saturated heterocycles. The summed E-state index contributed by atoms with van der Waals surface area (Å²) in [5, 5.41) is 3.54. The summed E-state index contributed by atoms with van der Waals surface area (Å²) in [4.78, 5) is 12.1. The molecule has 2 aromatic rings. The Hall–Kier alpha value is -1.72. The van der Waals surface area contributed by atoms with Crippen molar-refractivity contribution in [3.63, 3.8) is 0 Å².